The van der Waals surface area contributed by atoms with Crippen molar-refractivity contribution in [3.8, 4) is 0 Å². The van der Waals surface area contributed by atoms with E-state index < -0.39 is 17.3 Å². The molecule has 0 unspecified atom stereocenters. The van der Waals surface area contributed by atoms with Crippen LogP contribution in [0.5, 0.6) is 0 Å². The minimum Gasteiger partial charge on any atom is -0.454 e. The smallest absolute Gasteiger partial charge is 0.416 e. The lowest BCUT2D eigenvalue weighted by Gasteiger charge is -2.27. The lowest BCUT2D eigenvalue weighted by molar-refractivity contribution is -0.156. The van der Waals surface area contributed by atoms with Crippen LogP contribution in [0, 0.1) is 5.92 Å². The van der Waals surface area contributed by atoms with Crippen molar-refractivity contribution in [1.82, 2.24) is 0 Å². The van der Waals surface area contributed by atoms with E-state index in [4.69, 9.17) is 4.74 Å². The highest BCUT2D eigenvalue weighted by atomic mass is 19.4. The Morgan fingerprint density at radius 3 is 2.33 bits per heavy atom. The first kappa shape index (κ1) is 11.6. The van der Waals surface area contributed by atoms with Gasteiger partial charge in [0.25, 0.3) is 0 Å². The van der Waals surface area contributed by atoms with Gasteiger partial charge in [-0.3, -0.25) is 4.79 Å². The Kier molecular flexibility index (Phi) is 2.24. The van der Waals surface area contributed by atoms with Crippen molar-refractivity contribution in [2.45, 2.75) is 31.0 Å². The fraction of sp³-hybridized carbons (Fsp3) is 0.462. The average Bonchev–Trinajstić information content (AvgIpc) is 2.86. The van der Waals surface area contributed by atoms with E-state index in [2.05, 4.69) is 0 Å². The molecule has 2 fully saturated rings. The first-order valence-electron chi connectivity index (χ1n) is 5.81. The molecule has 0 amide bonds. The maximum atomic E-state index is 12.5. The number of hydrogen-bond donors (Lipinski definition) is 0. The summed E-state index contributed by atoms with van der Waals surface area (Å²) in [5.41, 5.74) is -0.684. The van der Waals surface area contributed by atoms with Crippen molar-refractivity contribution in [3.05, 3.63) is 35.4 Å². The van der Waals surface area contributed by atoms with Gasteiger partial charge < -0.3 is 4.74 Å². The van der Waals surface area contributed by atoms with Crippen molar-refractivity contribution in [2.24, 2.45) is 5.92 Å². The number of rotatable bonds is 1. The molecule has 2 nitrogen and oxygen atoms in total. The second-order valence-corrected chi connectivity index (χ2v) is 4.93. The molecule has 1 heterocycles. The molecule has 1 saturated carbocycles. The molecule has 0 aromatic heterocycles. The van der Waals surface area contributed by atoms with Crippen LogP contribution in [0.2, 0.25) is 0 Å². The number of fused-ring (bicyclic) bond motifs is 2. The quantitative estimate of drug-likeness (QED) is 0.721. The van der Waals surface area contributed by atoms with E-state index in [-0.39, 0.29) is 11.9 Å². The average molecular weight is 256 g/mol. The Labute approximate surface area is 102 Å². The molecule has 18 heavy (non-hydrogen) atoms. The first-order chi connectivity index (χ1) is 8.41. The van der Waals surface area contributed by atoms with Crippen molar-refractivity contribution in [1.29, 1.82) is 0 Å². The van der Waals surface area contributed by atoms with Gasteiger partial charge in [-0.2, -0.15) is 13.2 Å². The third-order valence-corrected chi connectivity index (χ3v) is 3.84. The molecular formula is C13H11F3O2. The van der Waals surface area contributed by atoms with Crippen LogP contribution in [0.15, 0.2) is 24.3 Å². The minimum atomic E-state index is -4.33. The summed E-state index contributed by atoms with van der Waals surface area (Å²) in [5.74, 6) is -0.298. The highest BCUT2D eigenvalue weighted by Crippen LogP contribution is 2.51. The van der Waals surface area contributed by atoms with Gasteiger partial charge in [-0.1, -0.05) is 12.1 Å². The first-order valence-corrected chi connectivity index (χ1v) is 5.81. The van der Waals surface area contributed by atoms with Crippen LogP contribution in [0.4, 0.5) is 13.2 Å². The highest BCUT2D eigenvalue weighted by Gasteiger charge is 2.53. The van der Waals surface area contributed by atoms with Gasteiger partial charge in [-0.15, -0.1) is 0 Å². The van der Waals surface area contributed by atoms with Crippen LogP contribution in [-0.2, 0) is 21.3 Å². The summed E-state index contributed by atoms with van der Waals surface area (Å²) in [7, 11) is 0. The normalized spacial score (nSPS) is 30.6. The SMILES string of the molecule is O=C1O[C@]2(c3ccc(C(F)(F)F)cc3)CC[C@H]1C2. The predicted octanol–water partition coefficient (Wildman–Crippen LogP) is 3.26. The third kappa shape index (κ3) is 1.61. The number of carbonyl (C=O) groups is 1. The van der Waals surface area contributed by atoms with E-state index in [1.54, 1.807) is 0 Å². The summed E-state index contributed by atoms with van der Waals surface area (Å²) >= 11 is 0. The second kappa shape index (κ2) is 3.49. The third-order valence-electron chi connectivity index (χ3n) is 3.84. The summed E-state index contributed by atoms with van der Waals surface area (Å²) in [5, 5.41) is 0. The molecule has 1 aliphatic carbocycles. The van der Waals surface area contributed by atoms with Gasteiger partial charge in [0.05, 0.1) is 11.5 Å². The predicted molar refractivity (Wildman–Crippen MR) is 56.6 cm³/mol. The molecule has 2 atom stereocenters. The molecule has 3 rings (SSSR count). The van der Waals surface area contributed by atoms with Gasteiger partial charge in [0, 0.05) is 6.42 Å². The van der Waals surface area contributed by atoms with Crippen LogP contribution in [0.25, 0.3) is 0 Å². The summed E-state index contributed by atoms with van der Waals surface area (Å²) in [6.07, 6.45) is -2.27. The van der Waals surface area contributed by atoms with E-state index in [0.717, 1.165) is 18.6 Å². The lowest BCUT2D eigenvalue weighted by Crippen LogP contribution is -2.26. The summed E-state index contributed by atoms with van der Waals surface area (Å²) in [4.78, 5) is 11.4. The monoisotopic (exact) mass is 256 g/mol. The number of halogens is 3. The van der Waals surface area contributed by atoms with E-state index >= 15 is 0 Å². The number of hydrogen-bond acceptors (Lipinski definition) is 2. The van der Waals surface area contributed by atoms with Crippen molar-refractivity contribution in [3.63, 3.8) is 0 Å². The minimum absolute atomic E-state index is 0.0766. The molecule has 1 saturated heterocycles. The number of esters is 1. The van der Waals surface area contributed by atoms with Crippen LogP contribution in [0.3, 0.4) is 0 Å². The van der Waals surface area contributed by atoms with Crippen molar-refractivity contribution in [2.75, 3.05) is 0 Å². The fourth-order valence-electron chi connectivity index (χ4n) is 2.86. The highest BCUT2D eigenvalue weighted by molar-refractivity contribution is 5.77. The standard InChI is InChI=1S/C13H11F3O2/c14-13(15,16)10-3-1-9(2-4-10)12-6-5-8(7-12)11(17)18-12/h1-4,8H,5-7H2/t8-,12+/m0/s1. The summed E-state index contributed by atoms with van der Waals surface area (Å²) in [6.45, 7) is 0. The van der Waals surface area contributed by atoms with Gasteiger partial charge in [-0.25, -0.2) is 0 Å². The molecule has 5 heteroatoms. The lowest BCUT2D eigenvalue weighted by atomic mass is 9.91. The number of alkyl halides is 3. The molecular weight excluding hydrogens is 245 g/mol. The van der Waals surface area contributed by atoms with Crippen LogP contribution < -0.4 is 0 Å². The van der Waals surface area contributed by atoms with Crippen LogP contribution in [-0.4, -0.2) is 5.97 Å². The van der Waals surface area contributed by atoms with Gasteiger partial charge in [0.2, 0.25) is 0 Å². The van der Waals surface area contributed by atoms with E-state index in [9.17, 15) is 18.0 Å². The second-order valence-electron chi connectivity index (χ2n) is 4.93. The Morgan fingerprint density at radius 2 is 1.89 bits per heavy atom. The topological polar surface area (TPSA) is 26.3 Å². The molecule has 1 aromatic carbocycles. The summed E-state index contributed by atoms with van der Waals surface area (Å²) in [6, 6.07) is 4.93. The van der Waals surface area contributed by atoms with Crippen molar-refractivity contribution >= 4 is 5.97 Å². The summed E-state index contributed by atoms with van der Waals surface area (Å²) < 4.78 is 42.7. The Balaban J connectivity index is 1.92. The maximum Gasteiger partial charge on any atom is 0.416 e. The Hall–Kier alpha value is -1.52. The molecule has 1 aromatic rings. The van der Waals surface area contributed by atoms with Crippen LogP contribution in [0.1, 0.15) is 30.4 Å². The molecule has 0 N–H and O–H groups in total. The molecule has 0 spiro atoms. The zero-order valence-electron chi connectivity index (χ0n) is 9.46. The van der Waals surface area contributed by atoms with Gasteiger partial charge in [0.1, 0.15) is 5.60 Å². The zero-order chi connectivity index (χ0) is 13.0. The molecule has 1 aliphatic heterocycles. The largest absolute Gasteiger partial charge is 0.454 e. The van der Waals surface area contributed by atoms with E-state index in [0.29, 0.717) is 18.4 Å². The molecule has 96 valence electrons. The van der Waals surface area contributed by atoms with E-state index in [1.165, 1.54) is 12.1 Å². The Morgan fingerprint density at radius 1 is 1.22 bits per heavy atom. The molecule has 2 bridgehead atoms. The number of carbonyl (C=O) groups excluding carboxylic acids is 1. The van der Waals surface area contributed by atoms with Crippen LogP contribution >= 0.6 is 0 Å². The zero-order valence-corrected chi connectivity index (χ0v) is 9.46. The molecule has 0 radical (unpaired) electrons. The van der Waals surface area contributed by atoms with E-state index in [1.807, 2.05) is 0 Å². The fourth-order valence-corrected chi connectivity index (χ4v) is 2.86. The number of ether oxygens (including phenoxy) is 1. The van der Waals surface area contributed by atoms with Gasteiger partial charge in [-0.05, 0) is 30.5 Å². The van der Waals surface area contributed by atoms with Crippen molar-refractivity contribution < 1.29 is 22.7 Å². The maximum absolute atomic E-state index is 12.5. The Bertz CT molecular complexity index is 492. The van der Waals surface area contributed by atoms with Gasteiger partial charge >= 0.3 is 12.1 Å². The molecule has 2 aliphatic rings. The number of benzene rings is 1. The van der Waals surface area contributed by atoms with Gasteiger partial charge in [0.15, 0.2) is 0 Å².